The van der Waals surface area contributed by atoms with Crippen LogP contribution in [0.25, 0.3) is 5.78 Å². The van der Waals surface area contributed by atoms with E-state index in [2.05, 4.69) is 20.1 Å². The highest BCUT2D eigenvalue weighted by atomic mass is 35.5. The first-order valence-corrected chi connectivity index (χ1v) is 6.08. The Labute approximate surface area is 114 Å². The van der Waals surface area contributed by atoms with Crippen LogP contribution in [-0.2, 0) is 6.54 Å². The van der Waals surface area contributed by atoms with E-state index in [0.717, 1.165) is 11.4 Å². The smallest absolute Gasteiger partial charge is 0.255 e. The van der Waals surface area contributed by atoms with Gasteiger partial charge < -0.3 is 4.90 Å². The first-order valence-electron chi connectivity index (χ1n) is 5.70. The highest BCUT2D eigenvalue weighted by Gasteiger charge is 2.11. The van der Waals surface area contributed by atoms with E-state index in [1.807, 2.05) is 30.3 Å². The van der Waals surface area contributed by atoms with Crippen molar-refractivity contribution in [3.63, 3.8) is 0 Å². The van der Waals surface area contributed by atoms with Crippen LogP contribution >= 0.6 is 11.6 Å². The van der Waals surface area contributed by atoms with Gasteiger partial charge in [-0.3, -0.25) is 4.98 Å². The molecule has 0 unspecified atom stereocenters. The van der Waals surface area contributed by atoms with Crippen molar-refractivity contribution in [3.8, 4) is 0 Å². The van der Waals surface area contributed by atoms with Crippen LogP contribution in [0.2, 0.25) is 5.15 Å². The third-order valence-corrected chi connectivity index (χ3v) is 2.93. The summed E-state index contributed by atoms with van der Waals surface area (Å²) >= 11 is 6.00. The average molecular weight is 275 g/mol. The molecule has 0 aliphatic heterocycles. The zero-order valence-electron chi connectivity index (χ0n) is 10.2. The molecule has 0 aliphatic rings. The molecule has 6 nitrogen and oxygen atoms in total. The van der Waals surface area contributed by atoms with Gasteiger partial charge in [-0.1, -0.05) is 17.7 Å². The number of hydrogen-bond donors (Lipinski definition) is 0. The normalized spacial score (nSPS) is 10.8. The molecule has 0 atom stereocenters. The fourth-order valence-electron chi connectivity index (χ4n) is 1.89. The minimum atomic E-state index is 0.397. The lowest BCUT2D eigenvalue weighted by Gasteiger charge is -2.19. The first kappa shape index (κ1) is 11.9. The number of hydrogen-bond acceptors (Lipinski definition) is 5. The van der Waals surface area contributed by atoms with Crippen LogP contribution in [0.3, 0.4) is 0 Å². The van der Waals surface area contributed by atoms with Crippen LogP contribution in [0.5, 0.6) is 0 Å². The van der Waals surface area contributed by atoms with E-state index in [-0.39, 0.29) is 0 Å². The van der Waals surface area contributed by atoms with Crippen molar-refractivity contribution in [3.05, 3.63) is 47.6 Å². The number of halogens is 1. The van der Waals surface area contributed by atoms with Gasteiger partial charge in [-0.2, -0.15) is 19.6 Å². The molecule has 3 rings (SSSR count). The van der Waals surface area contributed by atoms with Gasteiger partial charge in [0.1, 0.15) is 17.3 Å². The minimum absolute atomic E-state index is 0.397. The molecule has 0 saturated heterocycles. The number of fused-ring (bicyclic) bond motifs is 1. The van der Waals surface area contributed by atoms with Crippen LogP contribution in [0.15, 0.2) is 36.9 Å². The van der Waals surface area contributed by atoms with E-state index in [1.54, 1.807) is 16.8 Å². The molecule has 3 aromatic heterocycles. The number of anilines is 1. The summed E-state index contributed by atoms with van der Waals surface area (Å²) in [5.41, 5.74) is 1.10. The summed E-state index contributed by atoms with van der Waals surface area (Å²) in [6.07, 6.45) is 5.04. The van der Waals surface area contributed by atoms with Gasteiger partial charge in [0.15, 0.2) is 0 Å². The van der Waals surface area contributed by atoms with Gasteiger partial charge in [-0.25, -0.2) is 0 Å². The van der Waals surface area contributed by atoms with Crippen molar-refractivity contribution in [2.24, 2.45) is 0 Å². The first-order chi connectivity index (χ1) is 9.24. The van der Waals surface area contributed by atoms with E-state index in [1.165, 1.54) is 6.33 Å². The molecular weight excluding hydrogens is 264 g/mol. The number of rotatable bonds is 3. The highest BCUT2D eigenvalue weighted by molar-refractivity contribution is 6.29. The number of aromatic nitrogens is 5. The molecule has 0 N–H and O–H groups in total. The average Bonchev–Trinajstić information content (AvgIpc) is 2.86. The molecular formula is C12H11ClN6. The van der Waals surface area contributed by atoms with Gasteiger partial charge in [0.05, 0.1) is 0 Å². The topological polar surface area (TPSA) is 59.2 Å². The van der Waals surface area contributed by atoms with Crippen molar-refractivity contribution < 1.29 is 0 Å². The summed E-state index contributed by atoms with van der Waals surface area (Å²) < 4.78 is 1.66. The van der Waals surface area contributed by atoms with Gasteiger partial charge in [-0.05, 0) is 11.6 Å². The predicted octanol–water partition coefficient (Wildman–Crippen LogP) is 1.81. The monoisotopic (exact) mass is 274 g/mol. The molecule has 7 heteroatoms. The summed E-state index contributed by atoms with van der Waals surface area (Å²) in [4.78, 5) is 14.3. The van der Waals surface area contributed by atoms with Crippen LogP contribution in [-0.4, -0.2) is 31.6 Å². The molecule has 3 aromatic rings. The maximum atomic E-state index is 6.00. The van der Waals surface area contributed by atoms with Crippen LogP contribution in [0.4, 0.5) is 5.82 Å². The molecule has 0 spiro atoms. The SMILES string of the molecule is CN(Cc1cccnc1)c1cc(Cl)nc2ncnn12. The van der Waals surface area contributed by atoms with Gasteiger partial charge in [-0.15, -0.1) is 0 Å². The Morgan fingerprint density at radius 1 is 1.42 bits per heavy atom. The van der Waals surface area contributed by atoms with E-state index >= 15 is 0 Å². The second-order valence-corrected chi connectivity index (χ2v) is 4.51. The third kappa shape index (κ3) is 2.34. The number of nitrogens with zero attached hydrogens (tertiary/aromatic N) is 6. The fourth-order valence-corrected chi connectivity index (χ4v) is 2.06. The van der Waals surface area contributed by atoms with Crippen molar-refractivity contribution in [2.75, 3.05) is 11.9 Å². The van der Waals surface area contributed by atoms with Crippen molar-refractivity contribution in [1.29, 1.82) is 0 Å². The molecule has 0 fully saturated rings. The molecule has 0 aromatic carbocycles. The Bertz CT molecular complexity index is 696. The standard InChI is InChI=1S/C12H11ClN6/c1-18(7-9-3-2-4-14-6-9)11-5-10(13)17-12-15-8-16-19(11)12/h2-6,8H,7H2,1H3. The Morgan fingerprint density at radius 2 is 2.32 bits per heavy atom. The fraction of sp³-hybridized carbons (Fsp3) is 0.167. The van der Waals surface area contributed by atoms with Crippen LogP contribution < -0.4 is 4.90 Å². The van der Waals surface area contributed by atoms with Crippen molar-refractivity contribution >= 4 is 23.2 Å². The summed E-state index contributed by atoms with van der Waals surface area (Å²) in [7, 11) is 1.96. The molecule has 0 saturated carbocycles. The van der Waals surface area contributed by atoms with E-state index < -0.39 is 0 Å². The maximum absolute atomic E-state index is 6.00. The molecule has 0 amide bonds. The lowest BCUT2D eigenvalue weighted by molar-refractivity contribution is 0.829. The zero-order chi connectivity index (χ0) is 13.2. The van der Waals surface area contributed by atoms with Crippen LogP contribution in [0.1, 0.15) is 5.56 Å². The molecule has 0 aliphatic carbocycles. The highest BCUT2D eigenvalue weighted by Crippen LogP contribution is 2.19. The third-order valence-electron chi connectivity index (χ3n) is 2.74. The number of pyridine rings is 1. The Morgan fingerprint density at radius 3 is 3.11 bits per heavy atom. The molecule has 96 valence electrons. The molecule has 0 radical (unpaired) electrons. The summed E-state index contributed by atoms with van der Waals surface area (Å²) in [5, 5.41) is 4.55. The van der Waals surface area contributed by atoms with Gasteiger partial charge >= 0.3 is 0 Å². The summed E-state index contributed by atoms with van der Waals surface area (Å²) in [6, 6.07) is 5.69. The maximum Gasteiger partial charge on any atom is 0.255 e. The molecule has 19 heavy (non-hydrogen) atoms. The van der Waals surface area contributed by atoms with E-state index in [9.17, 15) is 0 Å². The Balaban J connectivity index is 1.97. The predicted molar refractivity (Wildman–Crippen MR) is 72.1 cm³/mol. The molecule has 3 heterocycles. The quantitative estimate of drug-likeness (QED) is 0.682. The second kappa shape index (κ2) is 4.81. The minimum Gasteiger partial charge on any atom is -0.355 e. The Hall–Kier alpha value is -2.21. The van der Waals surface area contributed by atoms with Crippen LogP contribution in [0, 0.1) is 0 Å². The lowest BCUT2D eigenvalue weighted by Crippen LogP contribution is -2.20. The summed E-state index contributed by atoms with van der Waals surface area (Å²) in [6.45, 7) is 0.698. The lowest BCUT2D eigenvalue weighted by atomic mass is 10.3. The van der Waals surface area contributed by atoms with Gasteiger partial charge in [0.25, 0.3) is 5.78 Å². The second-order valence-electron chi connectivity index (χ2n) is 4.13. The Kier molecular flexibility index (Phi) is 3.00. The largest absolute Gasteiger partial charge is 0.355 e. The molecule has 0 bridgehead atoms. The van der Waals surface area contributed by atoms with Gasteiger partial charge in [0, 0.05) is 32.1 Å². The van der Waals surface area contributed by atoms with Gasteiger partial charge in [0.2, 0.25) is 0 Å². The van der Waals surface area contributed by atoms with Crippen molar-refractivity contribution in [2.45, 2.75) is 6.54 Å². The van der Waals surface area contributed by atoms with E-state index in [0.29, 0.717) is 17.5 Å². The summed E-state index contributed by atoms with van der Waals surface area (Å²) in [5.74, 6) is 1.32. The van der Waals surface area contributed by atoms with Crippen molar-refractivity contribution in [1.82, 2.24) is 24.6 Å². The zero-order valence-corrected chi connectivity index (χ0v) is 11.0. The van der Waals surface area contributed by atoms with E-state index in [4.69, 9.17) is 11.6 Å².